The molecule has 0 unspecified atom stereocenters. The van der Waals surface area contributed by atoms with E-state index in [9.17, 15) is 4.79 Å². The molecule has 7 nitrogen and oxygen atoms in total. The first kappa shape index (κ1) is 20.6. The van der Waals surface area contributed by atoms with Crippen LogP contribution in [-0.4, -0.2) is 34.9 Å². The molecule has 0 saturated heterocycles. The van der Waals surface area contributed by atoms with Crippen molar-refractivity contribution in [2.24, 2.45) is 0 Å². The summed E-state index contributed by atoms with van der Waals surface area (Å²) in [7, 11) is 3.19. The van der Waals surface area contributed by atoms with Gasteiger partial charge in [0.05, 0.1) is 31.8 Å². The van der Waals surface area contributed by atoms with Crippen molar-refractivity contribution in [2.45, 2.75) is 12.8 Å². The lowest BCUT2D eigenvalue weighted by atomic mass is 10.1. The molecule has 2 heterocycles. The van der Waals surface area contributed by atoms with Crippen LogP contribution in [0.3, 0.4) is 0 Å². The summed E-state index contributed by atoms with van der Waals surface area (Å²) in [4.78, 5) is 16.9. The fourth-order valence-corrected chi connectivity index (χ4v) is 3.85. The average Bonchev–Trinajstić information content (AvgIpc) is 3.48. The zero-order chi connectivity index (χ0) is 21.6. The molecule has 158 valence electrons. The summed E-state index contributed by atoms with van der Waals surface area (Å²) in [6.45, 7) is 0. The Bertz CT molecular complexity index is 1170. The predicted octanol–water partition coefficient (Wildman–Crippen LogP) is 4.58. The van der Waals surface area contributed by atoms with Gasteiger partial charge in [-0.15, -0.1) is 11.3 Å². The molecule has 31 heavy (non-hydrogen) atoms. The van der Waals surface area contributed by atoms with Gasteiger partial charge in [-0.1, -0.05) is 18.2 Å². The molecule has 0 radical (unpaired) electrons. The Morgan fingerprint density at radius 1 is 1.10 bits per heavy atom. The molecule has 4 rings (SSSR count). The standard InChI is InChI=1S/C23H22N4O3S/c1-29-20-10-9-17(12-21(20)30-2)19-15-31-23(25-19)26-22(28)11-8-16-13-24-27(14-16)18-6-4-3-5-7-18/h3-7,9-10,12-15H,8,11H2,1-2H3,(H,25,26,28). The zero-order valence-corrected chi connectivity index (χ0v) is 18.1. The summed E-state index contributed by atoms with van der Waals surface area (Å²) in [5.74, 6) is 1.21. The number of carbonyl (C=O) groups is 1. The summed E-state index contributed by atoms with van der Waals surface area (Å²) in [5, 5.41) is 9.71. The molecule has 1 N–H and O–H groups in total. The summed E-state index contributed by atoms with van der Waals surface area (Å²) in [6.07, 6.45) is 4.69. The molecule has 2 aromatic heterocycles. The normalized spacial score (nSPS) is 10.6. The summed E-state index contributed by atoms with van der Waals surface area (Å²) < 4.78 is 12.4. The molecule has 0 aliphatic heterocycles. The number of carbonyl (C=O) groups excluding carboxylic acids is 1. The number of ether oxygens (including phenoxy) is 2. The number of hydrogen-bond acceptors (Lipinski definition) is 6. The highest BCUT2D eigenvalue weighted by Crippen LogP contribution is 2.33. The quantitative estimate of drug-likeness (QED) is 0.439. The zero-order valence-electron chi connectivity index (χ0n) is 17.2. The maximum absolute atomic E-state index is 12.4. The van der Waals surface area contributed by atoms with Gasteiger partial charge in [0.25, 0.3) is 0 Å². The van der Waals surface area contributed by atoms with Crippen molar-refractivity contribution >= 4 is 22.4 Å². The molecule has 0 bridgehead atoms. The number of anilines is 1. The van der Waals surface area contributed by atoms with E-state index in [0.717, 1.165) is 22.5 Å². The highest BCUT2D eigenvalue weighted by molar-refractivity contribution is 7.14. The van der Waals surface area contributed by atoms with Crippen molar-refractivity contribution in [2.75, 3.05) is 19.5 Å². The fraction of sp³-hybridized carbons (Fsp3) is 0.174. The number of nitrogens with one attached hydrogen (secondary N) is 1. The van der Waals surface area contributed by atoms with Crippen molar-refractivity contribution in [3.63, 3.8) is 0 Å². The molecule has 0 fully saturated rings. The van der Waals surface area contributed by atoms with Gasteiger partial charge in [0, 0.05) is 23.6 Å². The average molecular weight is 435 g/mol. The van der Waals surface area contributed by atoms with Gasteiger partial charge in [0.1, 0.15) is 0 Å². The molecule has 2 aromatic carbocycles. The third-order valence-corrected chi connectivity index (χ3v) is 5.49. The minimum absolute atomic E-state index is 0.0827. The highest BCUT2D eigenvalue weighted by Gasteiger charge is 2.12. The Kier molecular flexibility index (Phi) is 6.28. The number of methoxy groups -OCH3 is 2. The van der Waals surface area contributed by atoms with Gasteiger partial charge in [-0.05, 0) is 42.3 Å². The van der Waals surface area contributed by atoms with Gasteiger partial charge in [0.2, 0.25) is 5.91 Å². The number of aromatic nitrogens is 3. The first-order chi connectivity index (χ1) is 15.2. The molecule has 0 aliphatic rings. The first-order valence-electron chi connectivity index (χ1n) is 9.73. The Hall–Kier alpha value is -3.65. The number of benzene rings is 2. The van der Waals surface area contributed by atoms with Crippen molar-refractivity contribution in [1.82, 2.24) is 14.8 Å². The fourth-order valence-electron chi connectivity index (χ4n) is 3.11. The number of rotatable bonds is 8. The van der Waals surface area contributed by atoms with Crippen LogP contribution in [0.5, 0.6) is 11.5 Å². The van der Waals surface area contributed by atoms with Crippen LogP contribution in [0, 0.1) is 0 Å². The second-order valence-electron chi connectivity index (χ2n) is 6.78. The second kappa shape index (κ2) is 9.44. The molecule has 0 atom stereocenters. The number of thiazole rings is 1. The Morgan fingerprint density at radius 3 is 2.68 bits per heavy atom. The number of hydrogen-bond donors (Lipinski definition) is 1. The van der Waals surface area contributed by atoms with Crippen LogP contribution in [0.25, 0.3) is 16.9 Å². The Balaban J connectivity index is 1.35. The van der Waals surface area contributed by atoms with Gasteiger partial charge in [0.15, 0.2) is 16.6 Å². The third-order valence-electron chi connectivity index (χ3n) is 4.73. The Labute approximate surface area is 184 Å². The van der Waals surface area contributed by atoms with E-state index in [1.807, 2.05) is 64.8 Å². The lowest BCUT2D eigenvalue weighted by Crippen LogP contribution is -2.12. The monoisotopic (exact) mass is 434 g/mol. The number of aryl methyl sites for hydroxylation is 1. The van der Waals surface area contributed by atoms with Gasteiger partial charge in [-0.2, -0.15) is 5.10 Å². The van der Waals surface area contributed by atoms with Gasteiger partial charge >= 0.3 is 0 Å². The SMILES string of the molecule is COc1ccc(-c2csc(NC(=O)CCc3cnn(-c4ccccc4)c3)n2)cc1OC. The summed E-state index contributed by atoms with van der Waals surface area (Å²) in [5.41, 5.74) is 3.65. The maximum Gasteiger partial charge on any atom is 0.226 e. The Morgan fingerprint density at radius 2 is 1.90 bits per heavy atom. The van der Waals surface area contributed by atoms with E-state index < -0.39 is 0 Å². The number of para-hydroxylation sites is 1. The minimum Gasteiger partial charge on any atom is -0.493 e. The summed E-state index contributed by atoms with van der Waals surface area (Å²) in [6, 6.07) is 15.5. The van der Waals surface area contributed by atoms with Crippen molar-refractivity contribution in [3.05, 3.63) is 71.9 Å². The van der Waals surface area contributed by atoms with Crippen LogP contribution in [0.1, 0.15) is 12.0 Å². The second-order valence-corrected chi connectivity index (χ2v) is 7.64. The molecule has 0 aliphatic carbocycles. The molecule has 0 saturated carbocycles. The topological polar surface area (TPSA) is 78.3 Å². The predicted molar refractivity (Wildman–Crippen MR) is 121 cm³/mol. The highest BCUT2D eigenvalue weighted by atomic mass is 32.1. The van der Waals surface area contributed by atoms with Crippen LogP contribution in [0.4, 0.5) is 5.13 Å². The van der Waals surface area contributed by atoms with Gasteiger partial charge in [-0.3, -0.25) is 4.79 Å². The first-order valence-corrected chi connectivity index (χ1v) is 10.6. The molecule has 0 spiro atoms. The largest absolute Gasteiger partial charge is 0.493 e. The van der Waals surface area contributed by atoms with E-state index in [1.54, 1.807) is 20.4 Å². The summed E-state index contributed by atoms with van der Waals surface area (Å²) >= 11 is 1.39. The van der Waals surface area contributed by atoms with Crippen molar-refractivity contribution < 1.29 is 14.3 Å². The van der Waals surface area contributed by atoms with Crippen LogP contribution in [0.2, 0.25) is 0 Å². The van der Waals surface area contributed by atoms with Gasteiger partial charge in [-0.25, -0.2) is 9.67 Å². The number of nitrogens with zero attached hydrogens (tertiary/aromatic N) is 3. The van der Waals surface area contributed by atoms with Crippen LogP contribution < -0.4 is 14.8 Å². The smallest absolute Gasteiger partial charge is 0.226 e. The van der Waals surface area contributed by atoms with E-state index in [4.69, 9.17) is 9.47 Å². The lowest BCUT2D eigenvalue weighted by molar-refractivity contribution is -0.116. The minimum atomic E-state index is -0.0827. The van der Waals surface area contributed by atoms with E-state index in [1.165, 1.54) is 11.3 Å². The van der Waals surface area contributed by atoms with E-state index in [0.29, 0.717) is 29.5 Å². The molecular weight excluding hydrogens is 412 g/mol. The lowest BCUT2D eigenvalue weighted by Gasteiger charge is -2.08. The third kappa shape index (κ3) is 4.92. The van der Waals surface area contributed by atoms with Gasteiger partial charge < -0.3 is 14.8 Å². The van der Waals surface area contributed by atoms with Crippen LogP contribution in [0.15, 0.2) is 66.3 Å². The molecule has 1 amide bonds. The van der Waals surface area contributed by atoms with Crippen LogP contribution in [-0.2, 0) is 11.2 Å². The molecular formula is C23H22N4O3S. The van der Waals surface area contributed by atoms with E-state index in [2.05, 4.69) is 15.4 Å². The van der Waals surface area contributed by atoms with Crippen molar-refractivity contribution in [1.29, 1.82) is 0 Å². The van der Waals surface area contributed by atoms with E-state index >= 15 is 0 Å². The molecule has 8 heteroatoms. The molecule has 4 aromatic rings. The van der Waals surface area contributed by atoms with Crippen LogP contribution >= 0.6 is 11.3 Å². The van der Waals surface area contributed by atoms with Crippen molar-refractivity contribution in [3.8, 4) is 28.4 Å². The van der Waals surface area contributed by atoms with E-state index in [-0.39, 0.29) is 5.91 Å². The number of amides is 1. The maximum atomic E-state index is 12.4.